The van der Waals surface area contributed by atoms with Crippen molar-refractivity contribution in [3.8, 4) is 0 Å². The lowest BCUT2D eigenvalue weighted by molar-refractivity contribution is 0.302. The molecule has 0 atom stereocenters. The first-order valence-electron chi connectivity index (χ1n) is 4.11. The summed E-state index contributed by atoms with van der Waals surface area (Å²) in [4.78, 5) is 9.72. The molecule has 1 N–H and O–H groups in total. The van der Waals surface area contributed by atoms with E-state index in [-0.39, 0.29) is 6.61 Å². The maximum Gasteiger partial charge on any atom is 0.150 e. The van der Waals surface area contributed by atoms with Crippen molar-refractivity contribution in [3.63, 3.8) is 0 Å². The molecule has 1 aromatic heterocycles. The average molecular weight is 202 g/mol. The molecule has 0 aliphatic carbocycles. The number of likely N-dealkylation sites (N-methyl/N-ethyl adjacent to an activating group) is 1. The van der Waals surface area contributed by atoms with Crippen molar-refractivity contribution in [1.82, 2.24) is 9.97 Å². The van der Waals surface area contributed by atoms with E-state index in [0.29, 0.717) is 17.4 Å². The lowest BCUT2D eigenvalue weighted by atomic mass is 10.4. The molecule has 0 aromatic carbocycles. The van der Waals surface area contributed by atoms with Crippen LogP contribution in [0.1, 0.15) is 6.92 Å². The van der Waals surface area contributed by atoms with Gasteiger partial charge in [0, 0.05) is 13.1 Å². The summed E-state index contributed by atoms with van der Waals surface area (Å²) >= 11 is 5.89. The van der Waals surface area contributed by atoms with Crippen LogP contribution in [0.25, 0.3) is 0 Å². The van der Waals surface area contributed by atoms with Crippen LogP contribution in [0.2, 0.25) is 5.02 Å². The summed E-state index contributed by atoms with van der Waals surface area (Å²) in [6, 6.07) is 0. The van der Waals surface area contributed by atoms with Gasteiger partial charge < -0.3 is 10.0 Å². The third-order valence-corrected chi connectivity index (χ3v) is 1.97. The molecule has 1 aromatic rings. The van der Waals surface area contributed by atoms with E-state index in [1.165, 1.54) is 6.33 Å². The molecule has 13 heavy (non-hydrogen) atoms. The molecule has 1 rings (SSSR count). The SMILES string of the molecule is CCN(CCO)c1ncncc1Cl. The number of aliphatic hydroxyl groups is 1. The van der Waals surface area contributed by atoms with Crippen molar-refractivity contribution >= 4 is 17.4 Å². The van der Waals surface area contributed by atoms with E-state index < -0.39 is 0 Å². The molecular formula is C8H12ClN3O. The molecule has 0 amide bonds. The van der Waals surface area contributed by atoms with Gasteiger partial charge >= 0.3 is 0 Å². The van der Waals surface area contributed by atoms with Gasteiger partial charge in [0.05, 0.1) is 12.8 Å². The molecule has 1 heterocycles. The normalized spacial score (nSPS) is 10.1. The first-order valence-corrected chi connectivity index (χ1v) is 4.48. The Bertz CT molecular complexity index is 269. The zero-order valence-electron chi connectivity index (χ0n) is 7.44. The summed E-state index contributed by atoms with van der Waals surface area (Å²) in [5.41, 5.74) is 0. The van der Waals surface area contributed by atoms with Crippen molar-refractivity contribution in [1.29, 1.82) is 0 Å². The second-order valence-electron chi connectivity index (χ2n) is 2.50. The van der Waals surface area contributed by atoms with Crippen LogP contribution >= 0.6 is 11.6 Å². The number of nitrogens with zero attached hydrogens (tertiary/aromatic N) is 3. The third-order valence-electron chi connectivity index (χ3n) is 1.70. The number of halogens is 1. The lowest BCUT2D eigenvalue weighted by Crippen LogP contribution is -2.27. The molecule has 4 nitrogen and oxygen atoms in total. The van der Waals surface area contributed by atoms with Crippen LogP contribution < -0.4 is 4.90 Å². The Balaban J connectivity index is 2.84. The van der Waals surface area contributed by atoms with Gasteiger partial charge in [0.15, 0.2) is 5.82 Å². The molecule has 0 bridgehead atoms. The first kappa shape index (κ1) is 10.2. The number of aromatic nitrogens is 2. The summed E-state index contributed by atoms with van der Waals surface area (Å²) in [5.74, 6) is 0.674. The van der Waals surface area contributed by atoms with Gasteiger partial charge in [-0.3, -0.25) is 0 Å². The van der Waals surface area contributed by atoms with E-state index in [1.54, 1.807) is 6.20 Å². The number of hydrogen-bond acceptors (Lipinski definition) is 4. The highest BCUT2D eigenvalue weighted by atomic mass is 35.5. The average Bonchev–Trinajstić information content (AvgIpc) is 2.16. The van der Waals surface area contributed by atoms with Crippen LogP contribution in [-0.4, -0.2) is 34.8 Å². The van der Waals surface area contributed by atoms with Crippen LogP contribution in [0, 0.1) is 0 Å². The van der Waals surface area contributed by atoms with Crippen LogP contribution in [0.5, 0.6) is 0 Å². The number of rotatable bonds is 4. The predicted octanol–water partition coefficient (Wildman–Crippen LogP) is 0.949. The molecule has 0 unspecified atom stereocenters. The number of aliphatic hydroxyl groups excluding tert-OH is 1. The Kier molecular flexibility index (Phi) is 3.92. The van der Waals surface area contributed by atoms with Gasteiger partial charge in [0.25, 0.3) is 0 Å². The molecule has 0 radical (unpaired) electrons. The fourth-order valence-corrected chi connectivity index (χ4v) is 1.30. The van der Waals surface area contributed by atoms with Crippen molar-refractivity contribution in [2.75, 3.05) is 24.6 Å². The van der Waals surface area contributed by atoms with Crippen molar-refractivity contribution in [3.05, 3.63) is 17.5 Å². The predicted molar refractivity (Wildman–Crippen MR) is 52.0 cm³/mol. The first-order chi connectivity index (χ1) is 6.29. The van der Waals surface area contributed by atoms with Crippen LogP contribution in [0.3, 0.4) is 0 Å². The highest BCUT2D eigenvalue weighted by Crippen LogP contribution is 2.20. The Morgan fingerprint density at radius 2 is 2.38 bits per heavy atom. The molecule has 72 valence electrons. The molecule has 0 saturated heterocycles. The summed E-state index contributed by atoms with van der Waals surface area (Å²) in [6.07, 6.45) is 2.99. The topological polar surface area (TPSA) is 49.2 Å². The van der Waals surface area contributed by atoms with E-state index >= 15 is 0 Å². The largest absolute Gasteiger partial charge is 0.395 e. The van der Waals surface area contributed by atoms with E-state index in [1.807, 2.05) is 11.8 Å². The van der Waals surface area contributed by atoms with E-state index in [0.717, 1.165) is 6.54 Å². The van der Waals surface area contributed by atoms with E-state index in [4.69, 9.17) is 16.7 Å². The lowest BCUT2D eigenvalue weighted by Gasteiger charge is -2.20. The van der Waals surface area contributed by atoms with Gasteiger partial charge in [-0.1, -0.05) is 11.6 Å². The highest BCUT2D eigenvalue weighted by molar-refractivity contribution is 6.32. The second kappa shape index (κ2) is 4.99. The van der Waals surface area contributed by atoms with Gasteiger partial charge in [-0.15, -0.1) is 0 Å². The standard InChI is InChI=1S/C8H12ClN3O/c1-2-12(3-4-13)8-7(9)5-10-6-11-8/h5-6,13H,2-4H2,1H3. The van der Waals surface area contributed by atoms with Crippen molar-refractivity contribution in [2.45, 2.75) is 6.92 Å². The molecular weight excluding hydrogens is 190 g/mol. The summed E-state index contributed by atoms with van der Waals surface area (Å²) < 4.78 is 0. The number of hydrogen-bond donors (Lipinski definition) is 1. The van der Waals surface area contributed by atoms with Crippen LogP contribution in [0.4, 0.5) is 5.82 Å². The van der Waals surface area contributed by atoms with Gasteiger partial charge in [0.2, 0.25) is 0 Å². The Morgan fingerprint density at radius 3 is 2.92 bits per heavy atom. The molecule has 5 heteroatoms. The van der Waals surface area contributed by atoms with Crippen LogP contribution in [0.15, 0.2) is 12.5 Å². The maximum atomic E-state index is 8.79. The Morgan fingerprint density at radius 1 is 1.62 bits per heavy atom. The van der Waals surface area contributed by atoms with E-state index in [2.05, 4.69) is 9.97 Å². The monoisotopic (exact) mass is 201 g/mol. The van der Waals surface area contributed by atoms with Gasteiger partial charge in [-0.25, -0.2) is 9.97 Å². The van der Waals surface area contributed by atoms with Crippen LogP contribution in [-0.2, 0) is 0 Å². The van der Waals surface area contributed by atoms with Gasteiger partial charge in [0.1, 0.15) is 11.3 Å². The van der Waals surface area contributed by atoms with Gasteiger partial charge in [-0.2, -0.15) is 0 Å². The maximum absolute atomic E-state index is 8.79. The quantitative estimate of drug-likeness (QED) is 0.788. The minimum absolute atomic E-state index is 0.0914. The zero-order chi connectivity index (χ0) is 9.68. The number of anilines is 1. The van der Waals surface area contributed by atoms with E-state index in [9.17, 15) is 0 Å². The molecule has 0 saturated carbocycles. The molecule has 0 spiro atoms. The minimum Gasteiger partial charge on any atom is -0.395 e. The Labute approximate surface area is 82.2 Å². The zero-order valence-corrected chi connectivity index (χ0v) is 8.20. The fourth-order valence-electron chi connectivity index (χ4n) is 1.07. The third kappa shape index (κ3) is 2.54. The summed E-state index contributed by atoms with van der Waals surface area (Å²) in [6.45, 7) is 3.37. The molecule has 0 fully saturated rings. The summed E-state index contributed by atoms with van der Waals surface area (Å²) in [5, 5.41) is 9.30. The molecule has 0 aliphatic rings. The smallest absolute Gasteiger partial charge is 0.150 e. The summed E-state index contributed by atoms with van der Waals surface area (Å²) in [7, 11) is 0. The second-order valence-corrected chi connectivity index (χ2v) is 2.90. The minimum atomic E-state index is 0.0914. The van der Waals surface area contributed by atoms with Crippen molar-refractivity contribution < 1.29 is 5.11 Å². The molecule has 0 aliphatic heterocycles. The highest BCUT2D eigenvalue weighted by Gasteiger charge is 2.08. The van der Waals surface area contributed by atoms with Crippen molar-refractivity contribution in [2.24, 2.45) is 0 Å². The van der Waals surface area contributed by atoms with Gasteiger partial charge in [-0.05, 0) is 6.92 Å². The Hall–Kier alpha value is -0.870. The fraction of sp³-hybridized carbons (Fsp3) is 0.500.